The second-order valence-corrected chi connectivity index (χ2v) is 4.55. The molecule has 1 atom stereocenters. The van der Waals surface area contributed by atoms with Crippen molar-refractivity contribution in [3.05, 3.63) is 34.3 Å². The summed E-state index contributed by atoms with van der Waals surface area (Å²) in [7, 11) is 0. The van der Waals surface area contributed by atoms with E-state index in [1.54, 1.807) is 12.1 Å². The Morgan fingerprint density at radius 3 is 2.53 bits per heavy atom. The number of rotatable bonds is 4. The second-order valence-electron chi connectivity index (χ2n) is 4.14. The molecule has 2 N–H and O–H groups in total. The maximum Gasteiger partial charge on any atom is 0.389 e. The zero-order chi connectivity index (χ0) is 13.1. The van der Waals surface area contributed by atoms with E-state index in [0.717, 1.165) is 5.56 Å². The molecule has 1 unspecified atom stereocenters. The third-order valence-corrected chi connectivity index (χ3v) is 2.86. The van der Waals surface area contributed by atoms with Crippen molar-refractivity contribution < 1.29 is 13.2 Å². The topological polar surface area (TPSA) is 26.0 Å². The Morgan fingerprint density at radius 1 is 1.35 bits per heavy atom. The number of aryl methyl sites for hydroxylation is 1. The van der Waals surface area contributed by atoms with E-state index in [2.05, 4.69) is 0 Å². The summed E-state index contributed by atoms with van der Waals surface area (Å²) in [5.41, 5.74) is 7.53. The lowest BCUT2D eigenvalue weighted by atomic mass is 10.0. The molecular formula is C12H15ClF3N. The molecule has 0 aliphatic carbocycles. The molecule has 0 saturated carbocycles. The molecule has 1 nitrogen and oxygen atoms in total. The largest absolute Gasteiger partial charge is 0.389 e. The summed E-state index contributed by atoms with van der Waals surface area (Å²) in [6.45, 7) is 1.89. The van der Waals surface area contributed by atoms with Crippen molar-refractivity contribution in [2.45, 2.75) is 38.4 Å². The fourth-order valence-corrected chi connectivity index (χ4v) is 1.99. The van der Waals surface area contributed by atoms with Gasteiger partial charge in [0.1, 0.15) is 0 Å². The molecule has 0 bridgehead atoms. The van der Waals surface area contributed by atoms with E-state index in [-0.39, 0.29) is 12.8 Å². The fourth-order valence-electron chi connectivity index (χ4n) is 1.61. The van der Waals surface area contributed by atoms with E-state index in [9.17, 15) is 13.2 Å². The Kier molecular flexibility index (Phi) is 4.83. The second kappa shape index (κ2) is 5.74. The summed E-state index contributed by atoms with van der Waals surface area (Å²) in [5, 5.41) is 0.518. The highest BCUT2D eigenvalue weighted by Crippen LogP contribution is 2.28. The van der Waals surface area contributed by atoms with Crippen LogP contribution in [0.4, 0.5) is 13.2 Å². The normalized spacial score (nSPS) is 13.8. The van der Waals surface area contributed by atoms with Gasteiger partial charge in [-0.25, -0.2) is 0 Å². The average Bonchev–Trinajstić information content (AvgIpc) is 2.15. The van der Waals surface area contributed by atoms with Crippen LogP contribution < -0.4 is 5.73 Å². The van der Waals surface area contributed by atoms with Crippen LogP contribution in [0.1, 0.15) is 36.4 Å². The van der Waals surface area contributed by atoms with Crippen LogP contribution in [0, 0.1) is 6.92 Å². The van der Waals surface area contributed by atoms with Gasteiger partial charge in [0, 0.05) is 17.5 Å². The van der Waals surface area contributed by atoms with E-state index < -0.39 is 18.6 Å². The first kappa shape index (κ1) is 14.3. The van der Waals surface area contributed by atoms with Gasteiger partial charge in [-0.2, -0.15) is 13.2 Å². The Hall–Kier alpha value is -0.740. The summed E-state index contributed by atoms with van der Waals surface area (Å²) in [6, 6.07) is 4.95. The molecule has 0 spiro atoms. The minimum absolute atomic E-state index is 0.0227. The summed E-state index contributed by atoms with van der Waals surface area (Å²) in [4.78, 5) is 0. The van der Waals surface area contributed by atoms with Gasteiger partial charge in [-0.1, -0.05) is 23.7 Å². The molecule has 0 aliphatic heterocycles. The van der Waals surface area contributed by atoms with Crippen LogP contribution in [-0.2, 0) is 0 Å². The van der Waals surface area contributed by atoms with Gasteiger partial charge >= 0.3 is 6.18 Å². The van der Waals surface area contributed by atoms with Gasteiger partial charge in [0.25, 0.3) is 0 Å². The summed E-state index contributed by atoms with van der Waals surface area (Å²) < 4.78 is 35.9. The molecule has 17 heavy (non-hydrogen) atoms. The lowest BCUT2D eigenvalue weighted by Gasteiger charge is -2.14. The van der Waals surface area contributed by atoms with Crippen molar-refractivity contribution >= 4 is 11.6 Å². The van der Waals surface area contributed by atoms with E-state index in [1.165, 1.54) is 0 Å². The molecule has 96 valence electrons. The molecule has 5 heteroatoms. The molecular weight excluding hydrogens is 251 g/mol. The highest BCUT2D eigenvalue weighted by atomic mass is 35.5. The van der Waals surface area contributed by atoms with Crippen LogP contribution in [0.5, 0.6) is 0 Å². The quantitative estimate of drug-likeness (QED) is 0.859. The number of halogens is 4. The van der Waals surface area contributed by atoms with Crippen LogP contribution in [-0.4, -0.2) is 6.18 Å². The maximum absolute atomic E-state index is 12.0. The third-order valence-electron chi connectivity index (χ3n) is 2.53. The van der Waals surface area contributed by atoms with E-state index in [0.29, 0.717) is 10.6 Å². The molecule has 0 amide bonds. The first-order valence-corrected chi connectivity index (χ1v) is 5.76. The van der Waals surface area contributed by atoms with Crippen LogP contribution >= 0.6 is 11.6 Å². The molecule has 0 saturated heterocycles. The van der Waals surface area contributed by atoms with Crippen molar-refractivity contribution in [1.82, 2.24) is 0 Å². The van der Waals surface area contributed by atoms with E-state index in [4.69, 9.17) is 17.3 Å². The van der Waals surface area contributed by atoms with Crippen LogP contribution in [0.3, 0.4) is 0 Å². The van der Waals surface area contributed by atoms with Crippen molar-refractivity contribution in [3.63, 3.8) is 0 Å². The van der Waals surface area contributed by atoms with Gasteiger partial charge in [-0.15, -0.1) is 0 Å². The van der Waals surface area contributed by atoms with Gasteiger partial charge in [0.15, 0.2) is 0 Å². The first-order valence-electron chi connectivity index (χ1n) is 5.38. The van der Waals surface area contributed by atoms with E-state index in [1.807, 2.05) is 13.0 Å². The molecule has 1 rings (SSSR count). The molecule has 1 aromatic rings. The zero-order valence-electron chi connectivity index (χ0n) is 9.52. The highest BCUT2D eigenvalue weighted by molar-refractivity contribution is 6.31. The Labute approximate surface area is 104 Å². The average molecular weight is 266 g/mol. The SMILES string of the molecule is Cc1ccc(C(N)CCCC(F)(F)F)c(Cl)c1. The van der Waals surface area contributed by atoms with Crippen molar-refractivity contribution in [2.24, 2.45) is 5.73 Å². The van der Waals surface area contributed by atoms with Crippen molar-refractivity contribution in [2.75, 3.05) is 0 Å². The minimum atomic E-state index is -4.11. The van der Waals surface area contributed by atoms with Gasteiger partial charge in [0.2, 0.25) is 0 Å². The van der Waals surface area contributed by atoms with Crippen LogP contribution in [0.2, 0.25) is 5.02 Å². The highest BCUT2D eigenvalue weighted by Gasteiger charge is 2.26. The molecule has 0 heterocycles. The van der Waals surface area contributed by atoms with Crippen molar-refractivity contribution in [3.8, 4) is 0 Å². The van der Waals surface area contributed by atoms with Crippen LogP contribution in [0.15, 0.2) is 18.2 Å². The van der Waals surface area contributed by atoms with Crippen molar-refractivity contribution in [1.29, 1.82) is 0 Å². The monoisotopic (exact) mass is 265 g/mol. The standard InChI is InChI=1S/C12H15ClF3N/c1-8-4-5-9(10(13)7-8)11(17)3-2-6-12(14,15)16/h4-5,7,11H,2-3,6,17H2,1H3. The number of nitrogens with two attached hydrogens (primary N) is 1. The summed E-state index contributed by atoms with van der Waals surface area (Å²) in [5.74, 6) is 0. The van der Waals surface area contributed by atoms with Gasteiger partial charge < -0.3 is 5.73 Å². The zero-order valence-corrected chi connectivity index (χ0v) is 10.3. The van der Waals surface area contributed by atoms with Gasteiger partial charge in [-0.3, -0.25) is 0 Å². The lowest BCUT2D eigenvalue weighted by molar-refractivity contribution is -0.135. The van der Waals surface area contributed by atoms with Gasteiger partial charge in [-0.05, 0) is 37.0 Å². The Balaban J connectivity index is 2.55. The molecule has 0 radical (unpaired) electrons. The summed E-state index contributed by atoms with van der Waals surface area (Å²) in [6.07, 6.45) is -4.61. The predicted molar refractivity (Wildman–Crippen MR) is 63.0 cm³/mol. The number of hydrogen-bond acceptors (Lipinski definition) is 1. The minimum Gasteiger partial charge on any atom is -0.324 e. The molecule has 1 aromatic carbocycles. The lowest BCUT2D eigenvalue weighted by Crippen LogP contribution is -2.13. The van der Waals surface area contributed by atoms with Crippen LogP contribution in [0.25, 0.3) is 0 Å². The summed E-state index contributed by atoms with van der Waals surface area (Å²) >= 11 is 5.99. The Morgan fingerprint density at radius 2 is 2.00 bits per heavy atom. The first-order chi connectivity index (χ1) is 7.79. The fraction of sp³-hybridized carbons (Fsp3) is 0.500. The molecule has 0 aromatic heterocycles. The number of benzene rings is 1. The molecule has 0 aliphatic rings. The predicted octanol–water partition coefficient (Wildman–Crippen LogP) is 4.38. The maximum atomic E-state index is 12.0. The molecule has 0 fully saturated rings. The Bertz CT molecular complexity index is 377. The van der Waals surface area contributed by atoms with E-state index >= 15 is 0 Å². The smallest absolute Gasteiger partial charge is 0.324 e. The number of hydrogen-bond donors (Lipinski definition) is 1. The van der Waals surface area contributed by atoms with Gasteiger partial charge in [0.05, 0.1) is 0 Å². The third kappa shape index (κ3) is 4.96. The number of alkyl halides is 3.